The number of hydrogen-bond acceptors (Lipinski definition) is 2. The van der Waals surface area contributed by atoms with Gasteiger partial charge in [0.1, 0.15) is 0 Å². The van der Waals surface area contributed by atoms with E-state index in [1.54, 1.807) is 13.0 Å². The molecule has 0 aromatic rings. The van der Waals surface area contributed by atoms with Gasteiger partial charge in [0.15, 0.2) is 0 Å². The Labute approximate surface area is 66.9 Å². The van der Waals surface area contributed by atoms with Crippen molar-refractivity contribution in [1.29, 1.82) is 0 Å². The van der Waals surface area contributed by atoms with E-state index in [1.165, 1.54) is 0 Å². The fourth-order valence-electron chi connectivity index (χ4n) is 0.735. The largest absolute Gasteiger partial charge is 0.396 e. The molecular formula is C8H15NO2. The molecule has 1 amide bonds. The topological polar surface area (TPSA) is 63.3 Å². The summed E-state index contributed by atoms with van der Waals surface area (Å²) in [5.74, 6) is -0.362. The van der Waals surface area contributed by atoms with Gasteiger partial charge in [-0.2, -0.15) is 0 Å². The van der Waals surface area contributed by atoms with Crippen molar-refractivity contribution in [2.45, 2.75) is 20.3 Å². The highest BCUT2D eigenvalue weighted by Gasteiger charge is 2.03. The summed E-state index contributed by atoms with van der Waals surface area (Å²) >= 11 is 0. The monoisotopic (exact) mass is 157 g/mol. The molecule has 0 bridgehead atoms. The van der Waals surface area contributed by atoms with Gasteiger partial charge in [-0.05, 0) is 13.3 Å². The van der Waals surface area contributed by atoms with Crippen LogP contribution in [0, 0.1) is 5.92 Å². The molecular weight excluding hydrogens is 142 g/mol. The van der Waals surface area contributed by atoms with E-state index in [4.69, 9.17) is 10.8 Å². The third-order valence-corrected chi connectivity index (χ3v) is 1.63. The summed E-state index contributed by atoms with van der Waals surface area (Å²) in [6.45, 7) is 3.67. The van der Waals surface area contributed by atoms with Gasteiger partial charge in [0.05, 0.1) is 0 Å². The lowest BCUT2D eigenvalue weighted by atomic mass is 10.0. The number of rotatable bonds is 4. The van der Waals surface area contributed by atoms with Crippen LogP contribution in [0.3, 0.4) is 0 Å². The van der Waals surface area contributed by atoms with Crippen LogP contribution in [0.4, 0.5) is 0 Å². The third kappa shape index (κ3) is 3.78. The average molecular weight is 157 g/mol. The first-order valence-electron chi connectivity index (χ1n) is 3.70. The first-order valence-corrected chi connectivity index (χ1v) is 3.70. The number of aliphatic hydroxyl groups is 1. The summed E-state index contributed by atoms with van der Waals surface area (Å²) in [7, 11) is 0. The minimum atomic E-state index is -0.420. The normalized spacial score (nSPS) is 14.6. The summed E-state index contributed by atoms with van der Waals surface area (Å²) in [5, 5.41) is 8.76. The number of aliphatic hydroxyl groups excluding tert-OH is 1. The van der Waals surface area contributed by atoms with Crippen molar-refractivity contribution in [1.82, 2.24) is 0 Å². The molecule has 0 aliphatic carbocycles. The highest BCUT2D eigenvalue weighted by molar-refractivity contribution is 5.91. The second-order valence-corrected chi connectivity index (χ2v) is 2.56. The van der Waals surface area contributed by atoms with Crippen LogP contribution in [0.2, 0.25) is 0 Å². The minimum Gasteiger partial charge on any atom is -0.396 e. The standard InChI is InChI=1S/C8H15NO2/c1-3-7(5-10)4-6(2)8(9)11/h4,7,10H,3,5H2,1-2H3,(H2,9,11). The molecule has 0 fully saturated rings. The van der Waals surface area contributed by atoms with Crippen molar-refractivity contribution >= 4 is 5.91 Å². The summed E-state index contributed by atoms with van der Waals surface area (Å²) in [5.41, 5.74) is 5.52. The summed E-state index contributed by atoms with van der Waals surface area (Å²) in [6, 6.07) is 0. The lowest BCUT2D eigenvalue weighted by Gasteiger charge is -2.05. The van der Waals surface area contributed by atoms with Gasteiger partial charge in [0, 0.05) is 18.1 Å². The highest BCUT2D eigenvalue weighted by atomic mass is 16.3. The van der Waals surface area contributed by atoms with Crippen LogP contribution in [-0.2, 0) is 4.79 Å². The summed E-state index contributed by atoms with van der Waals surface area (Å²) in [4.78, 5) is 10.5. The Morgan fingerprint density at radius 2 is 2.27 bits per heavy atom. The maximum absolute atomic E-state index is 10.5. The predicted octanol–water partition coefficient (Wildman–Crippen LogP) is 0.437. The van der Waals surface area contributed by atoms with Gasteiger partial charge in [-0.25, -0.2) is 0 Å². The molecule has 1 unspecified atom stereocenters. The number of primary amides is 1. The van der Waals surface area contributed by atoms with Crippen molar-refractivity contribution in [3.8, 4) is 0 Å². The maximum atomic E-state index is 10.5. The minimum absolute atomic E-state index is 0.0579. The van der Waals surface area contributed by atoms with Gasteiger partial charge >= 0.3 is 0 Å². The smallest absolute Gasteiger partial charge is 0.244 e. The lowest BCUT2D eigenvalue weighted by molar-refractivity contribution is -0.114. The lowest BCUT2D eigenvalue weighted by Crippen LogP contribution is -2.13. The van der Waals surface area contributed by atoms with E-state index in [0.717, 1.165) is 6.42 Å². The van der Waals surface area contributed by atoms with Gasteiger partial charge in [-0.3, -0.25) is 4.79 Å². The van der Waals surface area contributed by atoms with Gasteiger partial charge in [0.25, 0.3) is 0 Å². The maximum Gasteiger partial charge on any atom is 0.244 e. The molecule has 0 spiro atoms. The van der Waals surface area contributed by atoms with Crippen LogP contribution in [0.15, 0.2) is 11.6 Å². The Hall–Kier alpha value is -0.830. The second kappa shape index (κ2) is 4.91. The van der Waals surface area contributed by atoms with Crippen LogP contribution in [0.5, 0.6) is 0 Å². The van der Waals surface area contributed by atoms with E-state index >= 15 is 0 Å². The zero-order chi connectivity index (χ0) is 8.85. The van der Waals surface area contributed by atoms with Crippen molar-refractivity contribution in [3.63, 3.8) is 0 Å². The number of carbonyl (C=O) groups excluding carboxylic acids is 1. The molecule has 0 aromatic heterocycles. The molecule has 3 nitrogen and oxygen atoms in total. The molecule has 3 N–H and O–H groups in total. The Bertz CT molecular complexity index is 159. The van der Waals surface area contributed by atoms with Crippen molar-refractivity contribution in [3.05, 3.63) is 11.6 Å². The number of carbonyl (C=O) groups is 1. The molecule has 0 saturated heterocycles. The van der Waals surface area contributed by atoms with Gasteiger partial charge in [-0.1, -0.05) is 13.0 Å². The van der Waals surface area contributed by atoms with Crippen molar-refractivity contribution < 1.29 is 9.90 Å². The van der Waals surface area contributed by atoms with E-state index in [1.807, 2.05) is 6.92 Å². The number of nitrogens with two attached hydrogens (primary N) is 1. The number of amides is 1. The Morgan fingerprint density at radius 1 is 1.73 bits per heavy atom. The SMILES string of the molecule is CCC(C=C(C)C(N)=O)CO. The van der Waals surface area contributed by atoms with E-state index in [9.17, 15) is 4.79 Å². The van der Waals surface area contributed by atoms with Gasteiger partial charge in [-0.15, -0.1) is 0 Å². The predicted molar refractivity (Wildman–Crippen MR) is 43.8 cm³/mol. The Balaban J connectivity index is 4.14. The van der Waals surface area contributed by atoms with E-state index in [2.05, 4.69) is 0 Å². The molecule has 0 aromatic carbocycles. The molecule has 0 aliphatic heterocycles. The summed E-state index contributed by atoms with van der Waals surface area (Å²) in [6.07, 6.45) is 2.53. The average Bonchev–Trinajstić information content (AvgIpc) is 1.99. The Morgan fingerprint density at radius 3 is 2.55 bits per heavy atom. The summed E-state index contributed by atoms with van der Waals surface area (Å²) < 4.78 is 0. The van der Waals surface area contributed by atoms with E-state index < -0.39 is 5.91 Å². The first-order chi connectivity index (χ1) is 5.11. The fourth-order valence-corrected chi connectivity index (χ4v) is 0.735. The molecule has 0 rings (SSSR count). The fraction of sp³-hybridized carbons (Fsp3) is 0.625. The van der Waals surface area contributed by atoms with E-state index in [0.29, 0.717) is 5.57 Å². The molecule has 0 saturated carbocycles. The molecule has 0 aliphatic rings. The zero-order valence-electron chi connectivity index (χ0n) is 7.00. The molecule has 1 atom stereocenters. The number of hydrogen-bond donors (Lipinski definition) is 2. The molecule has 64 valence electrons. The third-order valence-electron chi connectivity index (χ3n) is 1.63. The molecule has 3 heteroatoms. The van der Waals surface area contributed by atoms with Crippen molar-refractivity contribution in [2.75, 3.05) is 6.61 Å². The van der Waals surface area contributed by atoms with Gasteiger partial charge in [0.2, 0.25) is 5.91 Å². The Kier molecular flexibility index (Phi) is 4.54. The van der Waals surface area contributed by atoms with Crippen LogP contribution in [0.25, 0.3) is 0 Å². The second-order valence-electron chi connectivity index (χ2n) is 2.56. The highest BCUT2D eigenvalue weighted by Crippen LogP contribution is 2.06. The van der Waals surface area contributed by atoms with Gasteiger partial charge < -0.3 is 10.8 Å². The van der Waals surface area contributed by atoms with E-state index in [-0.39, 0.29) is 12.5 Å². The van der Waals surface area contributed by atoms with Crippen molar-refractivity contribution in [2.24, 2.45) is 11.7 Å². The first kappa shape index (κ1) is 10.2. The van der Waals surface area contributed by atoms with Crippen LogP contribution < -0.4 is 5.73 Å². The molecule has 0 radical (unpaired) electrons. The van der Waals surface area contributed by atoms with Crippen LogP contribution >= 0.6 is 0 Å². The zero-order valence-corrected chi connectivity index (χ0v) is 7.00. The quantitative estimate of drug-likeness (QED) is 0.581. The van der Waals surface area contributed by atoms with Crippen LogP contribution in [-0.4, -0.2) is 17.6 Å². The molecule has 0 heterocycles. The van der Waals surface area contributed by atoms with Crippen LogP contribution in [0.1, 0.15) is 20.3 Å². The molecule has 11 heavy (non-hydrogen) atoms.